The lowest BCUT2D eigenvalue weighted by atomic mass is 9.77. The van der Waals surface area contributed by atoms with Gasteiger partial charge in [0.15, 0.2) is 0 Å². The van der Waals surface area contributed by atoms with Crippen molar-refractivity contribution < 1.29 is 9.59 Å². The van der Waals surface area contributed by atoms with E-state index in [1.807, 2.05) is 0 Å². The zero-order valence-electron chi connectivity index (χ0n) is 18.7. The third kappa shape index (κ3) is 4.09. The van der Waals surface area contributed by atoms with Crippen molar-refractivity contribution in [2.75, 3.05) is 26.2 Å². The van der Waals surface area contributed by atoms with Crippen molar-refractivity contribution in [3.8, 4) is 0 Å². The Hall–Kier alpha value is -2.36. The number of hydrogen-bond donors (Lipinski definition) is 0. The Bertz CT molecular complexity index is 898. The first-order valence-electron chi connectivity index (χ1n) is 12.0. The molecule has 1 unspecified atom stereocenters. The maximum Gasteiger partial charge on any atom is 0.233 e. The van der Waals surface area contributed by atoms with E-state index < -0.39 is 0 Å². The molecular formula is C27H34N2O2. The van der Waals surface area contributed by atoms with Gasteiger partial charge in [-0.05, 0) is 67.9 Å². The van der Waals surface area contributed by atoms with Crippen LogP contribution in [0.2, 0.25) is 0 Å². The molecule has 2 amide bonds. The summed E-state index contributed by atoms with van der Waals surface area (Å²) in [5.74, 6) is 0.980. The third-order valence-corrected chi connectivity index (χ3v) is 8.19. The molecule has 4 heteroatoms. The first kappa shape index (κ1) is 20.5. The SMILES string of the molecule is CC1=CCC=CC1C(=O)N1CCC2(CCN(C(=O)CC3Cc4ccccc4C3)CC2)C1. The van der Waals surface area contributed by atoms with Crippen molar-refractivity contribution in [2.24, 2.45) is 17.3 Å². The molecule has 2 heterocycles. The van der Waals surface area contributed by atoms with Gasteiger partial charge < -0.3 is 9.80 Å². The molecular weight excluding hydrogens is 384 g/mol. The predicted molar refractivity (Wildman–Crippen MR) is 122 cm³/mol. The van der Waals surface area contributed by atoms with Crippen molar-refractivity contribution in [3.63, 3.8) is 0 Å². The van der Waals surface area contributed by atoms with Crippen molar-refractivity contribution in [1.82, 2.24) is 9.80 Å². The largest absolute Gasteiger partial charge is 0.343 e. The molecule has 0 bridgehead atoms. The van der Waals surface area contributed by atoms with Gasteiger partial charge in [-0.1, -0.05) is 48.1 Å². The number of carbonyl (C=O) groups excluding carboxylic acids is 2. The number of amides is 2. The molecule has 1 aromatic carbocycles. The van der Waals surface area contributed by atoms with Gasteiger partial charge in [0.2, 0.25) is 11.8 Å². The second-order valence-electron chi connectivity index (χ2n) is 10.2. The molecule has 1 aromatic rings. The van der Waals surface area contributed by atoms with Crippen LogP contribution in [0, 0.1) is 17.3 Å². The molecule has 5 rings (SSSR count). The summed E-state index contributed by atoms with van der Waals surface area (Å²) in [7, 11) is 0. The Kier molecular flexibility index (Phi) is 5.49. The lowest BCUT2D eigenvalue weighted by Gasteiger charge is -2.39. The van der Waals surface area contributed by atoms with Gasteiger partial charge in [0.25, 0.3) is 0 Å². The molecule has 2 aliphatic carbocycles. The minimum absolute atomic E-state index is 0.0684. The van der Waals surface area contributed by atoms with Crippen LogP contribution >= 0.6 is 0 Å². The van der Waals surface area contributed by atoms with Gasteiger partial charge in [0.05, 0.1) is 5.92 Å². The van der Waals surface area contributed by atoms with E-state index in [1.165, 1.54) is 16.7 Å². The Balaban J connectivity index is 1.12. The van der Waals surface area contributed by atoms with Crippen LogP contribution < -0.4 is 0 Å². The second-order valence-corrected chi connectivity index (χ2v) is 10.2. The summed E-state index contributed by atoms with van der Waals surface area (Å²) >= 11 is 0. The first-order chi connectivity index (χ1) is 15.0. The fourth-order valence-electron chi connectivity index (χ4n) is 6.15. The van der Waals surface area contributed by atoms with Crippen molar-refractivity contribution in [3.05, 3.63) is 59.2 Å². The molecule has 2 fully saturated rings. The van der Waals surface area contributed by atoms with Crippen molar-refractivity contribution >= 4 is 11.8 Å². The molecule has 0 N–H and O–H groups in total. The van der Waals surface area contributed by atoms with E-state index in [4.69, 9.17) is 0 Å². The number of fused-ring (bicyclic) bond motifs is 1. The zero-order valence-corrected chi connectivity index (χ0v) is 18.7. The van der Waals surface area contributed by atoms with Crippen LogP contribution in [0.5, 0.6) is 0 Å². The molecule has 0 saturated carbocycles. The molecule has 2 aliphatic heterocycles. The molecule has 2 saturated heterocycles. The van der Waals surface area contributed by atoms with Gasteiger partial charge in [0.1, 0.15) is 0 Å². The monoisotopic (exact) mass is 418 g/mol. The summed E-state index contributed by atoms with van der Waals surface area (Å²) in [4.78, 5) is 30.2. The van der Waals surface area contributed by atoms with Gasteiger partial charge in [-0.3, -0.25) is 9.59 Å². The van der Waals surface area contributed by atoms with E-state index in [1.54, 1.807) is 0 Å². The second kappa shape index (κ2) is 8.29. The molecule has 4 nitrogen and oxygen atoms in total. The normalized spacial score (nSPS) is 25.1. The lowest BCUT2D eigenvalue weighted by molar-refractivity contribution is -0.136. The highest BCUT2D eigenvalue weighted by Crippen LogP contribution is 2.41. The third-order valence-electron chi connectivity index (χ3n) is 8.19. The molecule has 1 atom stereocenters. The molecule has 0 radical (unpaired) electrons. The predicted octanol–water partition coefficient (Wildman–Crippen LogP) is 4.16. The van der Waals surface area contributed by atoms with Gasteiger partial charge in [0, 0.05) is 32.6 Å². The topological polar surface area (TPSA) is 40.6 Å². The summed E-state index contributed by atoms with van der Waals surface area (Å²) in [5.41, 5.74) is 4.24. The van der Waals surface area contributed by atoms with E-state index in [9.17, 15) is 9.59 Å². The highest BCUT2D eigenvalue weighted by Gasteiger charge is 2.43. The Labute approximate surface area is 186 Å². The van der Waals surface area contributed by atoms with E-state index in [0.29, 0.717) is 18.2 Å². The first-order valence-corrected chi connectivity index (χ1v) is 12.0. The number of piperidine rings is 1. The van der Waals surface area contributed by atoms with E-state index in [-0.39, 0.29) is 17.2 Å². The standard InChI is InChI=1S/C27H34N2O2/c1-20-6-2-5-9-24(20)26(31)29-15-12-27(19-29)10-13-28(14-11-27)25(30)18-21-16-22-7-3-4-8-23(22)17-21/h3-9,21,24H,2,10-19H2,1H3. The Morgan fingerprint density at radius 3 is 2.29 bits per heavy atom. The van der Waals surface area contributed by atoms with Crippen LogP contribution in [0.3, 0.4) is 0 Å². The molecule has 1 spiro atoms. The van der Waals surface area contributed by atoms with Gasteiger partial charge >= 0.3 is 0 Å². The van der Waals surface area contributed by atoms with Crippen molar-refractivity contribution in [1.29, 1.82) is 0 Å². The van der Waals surface area contributed by atoms with Crippen LogP contribution in [-0.4, -0.2) is 47.8 Å². The number of hydrogen-bond acceptors (Lipinski definition) is 2. The van der Waals surface area contributed by atoms with Crippen LogP contribution in [0.25, 0.3) is 0 Å². The molecule has 0 aromatic heterocycles. The molecule has 164 valence electrons. The number of rotatable bonds is 3. The fourth-order valence-corrected chi connectivity index (χ4v) is 6.15. The minimum atomic E-state index is -0.0684. The molecule has 4 aliphatic rings. The summed E-state index contributed by atoms with van der Waals surface area (Å²) in [6.45, 7) is 5.50. The zero-order chi connectivity index (χ0) is 21.4. The Morgan fingerprint density at radius 2 is 1.65 bits per heavy atom. The lowest BCUT2D eigenvalue weighted by Crippen LogP contribution is -2.45. The number of nitrogens with zero attached hydrogens (tertiary/aromatic N) is 2. The smallest absolute Gasteiger partial charge is 0.233 e. The highest BCUT2D eigenvalue weighted by molar-refractivity contribution is 5.84. The number of likely N-dealkylation sites (tertiary alicyclic amines) is 2. The van der Waals surface area contributed by atoms with Gasteiger partial charge in [-0.15, -0.1) is 0 Å². The molecule has 31 heavy (non-hydrogen) atoms. The number of carbonyl (C=O) groups is 2. The van der Waals surface area contributed by atoms with Crippen LogP contribution in [0.4, 0.5) is 0 Å². The van der Waals surface area contributed by atoms with Crippen LogP contribution in [-0.2, 0) is 22.4 Å². The van der Waals surface area contributed by atoms with E-state index in [0.717, 1.165) is 64.7 Å². The van der Waals surface area contributed by atoms with Crippen molar-refractivity contribution in [2.45, 2.75) is 51.9 Å². The fraction of sp³-hybridized carbons (Fsp3) is 0.556. The summed E-state index contributed by atoms with van der Waals surface area (Å²) in [6, 6.07) is 8.62. The minimum Gasteiger partial charge on any atom is -0.343 e. The quantitative estimate of drug-likeness (QED) is 0.692. The van der Waals surface area contributed by atoms with Gasteiger partial charge in [-0.2, -0.15) is 0 Å². The van der Waals surface area contributed by atoms with E-state index in [2.05, 4.69) is 59.2 Å². The summed E-state index contributed by atoms with van der Waals surface area (Å²) in [5, 5.41) is 0. The number of allylic oxidation sites excluding steroid dienone is 2. The average molecular weight is 419 g/mol. The average Bonchev–Trinajstić information content (AvgIpc) is 3.38. The summed E-state index contributed by atoms with van der Waals surface area (Å²) in [6.07, 6.45) is 13.2. The van der Waals surface area contributed by atoms with Gasteiger partial charge in [-0.25, -0.2) is 0 Å². The number of benzene rings is 1. The highest BCUT2D eigenvalue weighted by atomic mass is 16.2. The van der Waals surface area contributed by atoms with E-state index >= 15 is 0 Å². The van der Waals surface area contributed by atoms with Crippen LogP contribution in [0.15, 0.2) is 48.1 Å². The maximum absolute atomic E-state index is 13.1. The van der Waals surface area contributed by atoms with Crippen LogP contribution in [0.1, 0.15) is 50.2 Å². The Morgan fingerprint density at radius 1 is 1.00 bits per heavy atom. The summed E-state index contributed by atoms with van der Waals surface area (Å²) < 4.78 is 0. The maximum atomic E-state index is 13.1.